The maximum absolute atomic E-state index is 11.5. The average Bonchev–Trinajstić information content (AvgIpc) is 2.79. The summed E-state index contributed by atoms with van der Waals surface area (Å²) in [6.07, 6.45) is 4.71. The fourth-order valence-electron chi connectivity index (χ4n) is 2.86. The predicted octanol–water partition coefficient (Wildman–Crippen LogP) is 1.72. The first kappa shape index (κ1) is 11.5. The van der Waals surface area contributed by atoms with E-state index in [1.165, 1.54) is 12.8 Å². The van der Waals surface area contributed by atoms with E-state index in [4.69, 9.17) is 5.73 Å². The number of nitrogens with two attached hydrogens (primary N) is 1. The molecule has 0 spiro atoms. The number of amidine groups is 1. The maximum atomic E-state index is 11.5. The Hall–Kier alpha value is -1.56. The van der Waals surface area contributed by atoms with Gasteiger partial charge in [-0.3, -0.25) is 4.72 Å². The Balaban J connectivity index is 2.15. The van der Waals surface area contributed by atoms with Gasteiger partial charge in [0.1, 0.15) is 5.84 Å². The summed E-state index contributed by atoms with van der Waals surface area (Å²) in [7, 11) is -3.67. The van der Waals surface area contributed by atoms with E-state index in [0.717, 1.165) is 24.0 Å². The van der Waals surface area contributed by atoms with Crippen LogP contribution in [0, 0.1) is 0 Å². The molecular weight excluding hydrogens is 250 g/mol. The minimum atomic E-state index is -3.67. The fraction of sp³-hybridized carbons (Fsp3) is 0.417. The smallest absolute Gasteiger partial charge is 0.344 e. The van der Waals surface area contributed by atoms with E-state index >= 15 is 0 Å². The van der Waals surface area contributed by atoms with Crippen molar-refractivity contribution in [2.24, 2.45) is 10.1 Å². The Morgan fingerprint density at radius 3 is 2.72 bits per heavy atom. The second-order valence-electron chi connectivity index (χ2n) is 4.80. The Labute approximate surface area is 106 Å². The average molecular weight is 265 g/mol. The van der Waals surface area contributed by atoms with Gasteiger partial charge in [-0.2, -0.15) is 8.42 Å². The molecule has 0 amide bonds. The van der Waals surface area contributed by atoms with E-state index in [-0.39, 0.29) is 5.84 Å². The highest BCUT2D eigenvalue weighted by Crippen LogP contribution is 2.38. The number of nitrogens with zero attached hydrogens (tertiary/aromatic N) is 1. The topological polar surface area (TPSA) is 84.5 Å². The second-order valence-corrected chi connectivity index (χ2v) is 6.14. The van der Waals surface area contributed by atoms with Gasteiger partial charge in [-0.05, 0) is 30.4 Å². The van der Waals surface area contributed by atoms with Crippen molar-refractivity contribution in [1.82, 2.24) is 0 Å². The molecule has 96 valence electrons. The molecule has 2 aliphatic rings. The molecule has 3 rings (SSSR count). The van der Waals surface area contributed by atoms with Crippen LogP contribution in [0.2, 0.25) is 0 Å². The summed E-state index contributed by atoms with van der Waals surface area (Å²) >= 11 is 0. The number of rotatable bonds is 1. The highest BCUT2D eigenvalue weighted by Gasteiger charge is 2.27. The van der Waals surface area contributed by atoms with E-state index in [1.54, 1.807) is 6.07 Å². The van der Waals surface area contributed by atoms with Crippen molar-refractivity contribution < 1.29 is 8.42 Å². The van der Waals surface area contributed by atoms with Gasteiger partial charge in [0.2, 0.25) is 0 Å². The zero-order valence-electron chi connectivity index (χ0n) is 9.89. The molecule has 1 fully saturated rings. The van der Waals surface area contributed by atoms with Crippen LogP contribution in [0.3, 0.4) is 0 Å². The molecule has 1 aliphatic carbocycles. The molecule has 0 radical (unpaired) electrons. The van der Waals surface area contributed by atoms with E-state index in [2.05, 4.69) is 9.12 Å². The van der Waals surface area contributed by atoms with Crippen LogP contribution < -0.4 is 10.5 Å². The number of anilines is 1. The molecule has 18 heavy (non-hydrogen) atoms. The molecule has 3 N–H and O–H groups in total. The molecule has 6 heteroatoms. The molecule has 1 saturated carbocycles. The summed E-state index contributed by atoms with van der Waals surface area (Å²) in [6, 6.07) is 5.62. The van der Waals surface area contributed by atoms with E-state index in [0.29, 0.717) is 11.6 Å². The SMILES string of the molecule is NC1=NS(=O)(=O)Nc2cccc(C3CCCC3)c21. The minimum Gasteiger partial charge on any atom is -0.382 e. The third-order valence-electron chi connectivity index (χ3n) is 3.61. The lowest BCUT2D eigenvalue weighted by molar-refractivity contribution is 0.602. The van der Waals surface area contributed by atoms with Crippen LogP contribution in [-0.2, 0) is 10.2 Å². The van der Waals surface area contributed by atoms with Crippen molar-refractivity contribution >= 4 is 21.7 Å². The van der Waals surface area contributed by atoms with Gasteiger partial charge < -0.3 is 5.73 Å². The van der Waals surface area contributed by atoms with E-state index in [1.807, 2.05) is 12.1 Å². The summed E-state index contributed by atoms with van der Waals surface area (Å²) in [5.41, 5.74) is 8.25. The van der Waals surface area contributed by atoms with Crippen molar-refractivity contribution in [2.45, 2.75) is 31.6 Å². The minimum absolute atomic E-state index is 0.103. The third kappa shape index (κ3) is 1.86. The maximum Gasteiger partial charge on any atom is 0.344 e. The van der Waals surface area contributed by atoms with Gasteiger partial charge in [0.05, 0.1) is 5.69 Å². The molecule has 1 aromatic carbocycles. The molecule has 0 atom stereocenters. The number of hydrogen-bond donors (Lipinski definition) is 2. The van der Waals surface area contributed by atoms with Crippen LogP contribution in [0.5, 0.6) is 0 Å². The van der Waals surface area contributed by atoms with Crippen LogP contribution in [0.1, 0.15) is 42.7 Å². The third-order valence-corrected chi connectivity index (χ3v) is 4.52. The first-order valence-corrected chi connectivity index (χ1v) is 7.52. The van der Waals surface area contributed by atoms with Gasteiger partial charge in [0.25, 0.3) is 0 Å². The summed E-state index contributed by atoms with van der Waals surface area (Å²) in [5, 5.41) is 0. The Morgan fingerprint density at radius 1 is 1.28 bits per heavy atom. The zero-order chi connectivity index (χ0) is 12.8. The van der Waals surface area contributed by atoms with Gasteiger partial charge >= 0.3 is 10.2 Å². The number of fused-ring (bicyclic) bond motifs is 1. The Morgan fingerprint density at radius 2 is 2.00 bits per heavy atom. The molecule has 0 aromatic heterocycles. The van der Waals surface area contributed by atoms with Crippen LogP contribution in [0.4, 0.5) is 5.69 Å². The molecular formula is C12H15N3O2S. The van der Waals surface area contributed by atoms with Crippen molar-refractivity contribution in [3.05, 3.63) is 29.3 Å². The van der Waals surface area contributed by atoms with Gasteiger partial charge in [-0.25, -0.2) is 0 Å². The van der Waals surface area contributed by atoms with Crippen LogP contribution >= 0.6 is 0 Å². The van der Waals surface area contributed by atoms with E-state index < -0.39 is 10.2 Å². The fourth-order valence-corrected chi connectivity index (χ4v) is 3.70. The molecule has 0 saturated heterocycles. The first-order chi connectivity index (χ1) is 8.57. The van der Waals surface area contributed by atoms with Crippen LogP contribution in [-0.4, -0.2) is 14.3 Å². The van der Waals surface area contributed by atoms with E-state index in [9.17, 15) is 8.42 Å². The molecule has 0 unspecified atom stereocenters. The molecule has 1 heterocycles. The van der Waals surface area contributed by atoms with Gasteiger partial charge in [-0.1, -0.05) is 25.0 Å². The van der Waals surface area contributed by atoms with Gasteiger partial charge in [-0.15, -0.1) is 4.40 Å². The van der Waals surface area contributed by atoms with Gasteiger partial charge in [0.15, 0.2) is 0 Å². The Kier molecular flexibility index (Phi) is 2.55. The zero-order valence-corrected chi connectivity index (χ0v) is 10.7. The standard InChI is InChI=1S/C12H15N3O2S/c13-12-11-9(8-4-1-2-5-8)6-3-7-10(11)14-18(16,17)15-12/h3,6-8,14H,1-2,4-5H2,(H2,13,15). The number of nitrogens with one attached hydrogen (secondary N) is 1. The summed E-state index contributed by atoms with van der Waals surface area (Å²) in [4.78, 5) is 0. The van der Waals surface area contributed by atoms with Crippen molar-refractivity contribution in [2.75, 3.05) is 4.72 Å². The second kappa shape index (κ2) is 3.98. The molecule has 5 nitrogen and oxygen atoms in total. The molecule has 1 aliphatic heterocycles. The Bertz CT molecular complexity index is 616. The van der Waals surface area contributed by atoms with Crippen LogP contribution in [0.15, 0.2) is 22.6 Å². The highest BCUT2D eigenvalue weighted by atomic mass is 32.2. The predicted molar refractivity (Wildman–Crippen MR) is 70.9 cm³/mol. The number of hydrogen-bond acceptors (Lipinski definition) is 3. The first-order valence-electron chi connectivity index (χ1n) is 6.08. The van der Waals surface area contributed by atoms with Gasteiger partial charge in [0, 0.05) is 5.56 Å². The normalized spacial score (nSPS) is 22.1. The van der Waals surface area contributed by atoms with Crippen molar-refractivity contribution in [3.8, 4) is 0 Å². The van der Waals surface area contributed by atoms with Crippen molar-refractivity contribution in [3.63, 3.8) is 0 Å². The summed E-state index contributed by atoms with van der Waals surface area (Å²) in [6.45, 7) is 0. The highest BCUT2D eigenvalue weighted by molar-refractivity contribution is 7.91. The lowest BCUT2D eigenvalue weighted by Gasteiger charge is -2.21. The largest absolute Gasteiger partial charge is 0.382 e. The molecule has 1 aromatic rings. The summed E-state index contributed by atoms with van der Waals surface area (Å²) < 4.78 is 28.9. The van der Waals surface area contributed by atoms with Crippen LogP contribution in [0.25, 0.3) is 0 Å². The summed E-state index contributed by atoms with van der Waals surface area (Å²) in [5.74, 6) is 0.572. The lowest BCUT2D eigenvalue weighted by Crippen LogP contribution is -2.28. The number of benzene rings is 1. The quantitative estimate of drug-likeness (QED) is 0.810. The molecule has 0 bridgehead atoms. The monoisotopic (exact) mass is 265 g/mol. The van der Waals surface area contributed by atoms with Crippen molar-refractivity contribution in [1.29, 1.82) is 0 Å². The lowest BCUT2D eigenvalue weighted by atomic mass is 9.91.